The molecular weight excluding hydrogens is 338 g/mol. The number of benzene rings is 1. The van der Waals surface area contributed by atoms with Crippen molar-refractivity contribution in [3.05, 3.63) is 24.3 Å². The van der Waals surface area contributed by atoms with Crippen LogP contribution < -0.4 is 10.1 Å². The maximum Gasteiger partial charge on any atom is 0.387 e. The van der Waals surface area contributed by atoms with Gasteiger partial charge in [0.2, 0.25) is 10.0 Å². The van der Waals surface area contributed by atoms with E-state index in [-0.39, 0.29) is 29.1 Å². The fourth-order valence-corrected chi connectivity index (χ4v) is 4.36. The molecule has 5 nitrogen and oxygen atoms in total. The first kappa shape index (κ1) is 19.1. The lowest BCUT2D eigenvalue weighted by Crippen LogP contribution is -2.40. The van der Waals surface area contributed by atoms with Crippen LogP contribution >= 0.6 is 12.4 Å². The van der Waals surface area contributed by atoms with Gasteiger partial charge in [0.15, 0.2) is 0 Å². The van der Waals surface area contributed by atoms with E-state index in [9.17, 15) is 17.2 Å². The van der Waals surface area contributed by atoms with Gasteiger partial charge in [0, 0.05) is 19.1 Å². The fraction of sp³-hybridized carbons (Fsp3) is 0.538. The van der Waals surface area contributed by atoms with Crippen LogP contribution in [-0.2, 0) is 10.0 Å². The monoisotopic (exact) mass is 356 g/mol. The van der Waals surface area contributed by atoms with Gasteiger partial charge < -0.3 is 10.1 Å². The van der Waals surface area contributed by atoms with Gasteiger partial charge in [0.25, 0.3) is 0 Å². The molecule has 22 heavy (non-hydrogen) atoms. The highest BCUT2D eigenvalue weighted by Crippen LogP contribution is 2.31. The molecule has 0 amide bonds. The molecule has 126 valence electrons. The Morgan fingerprint density at radius 3 is 2.73 bits per heavy atom. The molecule has 1 aliphatic rings. The van der Waals surface area contributed by atoms with Gasteiger partial charge >= 0.3 is 6.61 Å². The third-order valence-corrected chi connectivity index (χ3v) is 5.41. The van der Waals surface area contributed by atoms with E-state index in [0.717, 1.165) is 12.8 Å². The van der Waals surface area contributed by atoms with Crippen molar-refractivity contribution in [1.82, 2.24) is 9.62 Å². The number of nitrogens with zero attached hydrogens (tertiary/aromatic N) is 1. The van der Waals surface area contributed by atoms with Crippen LogP contribution in [0.4, 0.5) is 8.78 Å². The zero-order valence-corrected chi connectivity index (χ0v) is 13.7. The van der Waals surface area contributed by atoms with Gasteiger partial charge in [0.1, 0.15) is 10.6 Å². The van der Waals surface area contributed by atoms with Gasteiger partial charge in [-0.25, -0.2) is 8.42 Å². The van der Waals surface area contributed by atoms with Crippen molar-refractivity contribution in [2.45, 2.75) is 30.4 Å². The van der Waals surface area contributed by atoms with Crippen molar-refractivity contribution in [3.8, 4) is 5.75 Å². The Labute approximate surface area is 135 Å². The molecule has 0 radical (unpaired) electrons. The third-order valence-electron chi connectivity index (χ3n) is 3.41. The van der Waals surface area contributed by atoms with Crippen molar-refractivity contribution >= 4 is 22.4 Å². The van der Waals surface area contributed by atoms with E-state index in [4.69, 9.17) is 0 Å². The summed E-state index contributed by atoms with van der Waals surface area (Å²) in [4.78, 5) is -0.215. The zero-order valence-electron chi connectivity index (χ0n) is 12.0. The molecule has 1 unspecified atom stereocenters. The van der Waals surface area contributed by atoms with Gasteiger partial charge in [-0.1, -0.05) is 12.1 Å². The summed E-state index contributed by atoms with van der Waals surface area (Å²) in [5.74, 6) is -0.317. The van der Waals surface area contributed by atoms with E-state index in [1.54, 1.807) is 7.05 Å². The summed E-state index contributed by atoms with van der Waals surface area (Å²) >= 11 is 0. The smallest absolute Gasteiger partial charge is 0.387 e. The third kappa shape index (κ3) is 4.07. The van der Waals surface area contributed by atoms with Crippen molar-refractivity contribution in [2.24, 2.45) is 0 Å². The molecule has 1 heterocycles. The summed E-state index contributed by atoms with van der Waals surface area (Å²) in [5, 5.41) is 2.95. The molecule has 0 aromatic heterocycles. The normalized spacial score (nSPS) is 19.2. The Morgan fingerprint density at radius 1 is 1.41 bits per heavy atom. The van der Waals surface area contributed by atoms with Crippen LogP contribution in [0.25, 0.3) is 0 Å². The van der Waals surface area contributed by atoms with Crippen molar-refractivity contribution in [2.75, 3.05) is 20.1 Å². The number of hydrogen-bond acceptors (Lipinski definition) is 4. The molecule has 1 aromatic carbocycles. The number of sulfonamides is 1. The number of halogens is 3. The number of hydrogen-bond donors (Lipinski definition) is 1. The molecular formula is C13H19ClF2N2O3S. The number of likely N-dealkylation sites (N-methyl/N-ethyl adjacent to an activating group) is 1. The van der Waals surface area contributed by atoms with Crippen LogP contribution in [0, 0.1) is 0 Å². The summed E-state index contributed by atoms with van der Waals surface area (Å²) in [6, 6.07) is 5.32. The molecule has 1 saturated heterocycles. The minimum atomic E-state index is -3.85. The SMILES string of the molecule is CNCC1CCCN1S(=O)(=O)c1ccccc1OC(F)F.Cl. The zero-order chi connectivity index (χ0) is 15.5. The molecule has 0 saturated carbocycles. The van der Waals surface area contributed by atoms with E-state index >= 15 is 0 Å². The molecule has 1 aliphatic heterocycles. The quantitative estimate of drug-likeness (QED) is 0.848. The molecule has 1 N–H and O–H groups in total. The summed E-state index contributed by atoms with van der Waals surface area (Å²) in [5.41, 5.74) is 0. The van der Waals surface area contributed by atoms with Gasteiger partial charge in [-0.3, -0.25) is 0 Å². The van der Waals surface area contributed by atoms with Crippen LogP contribution in [0.5, 0.6) is 5.75 Å². The average Bonchev–Trinajstić information content (AvgIpc) is 2.88. The predicted octanol–water partition coefficient (Wildman–Crippen LogP) is 2.08. The number of nitrogens with one attached hydrogen (secondary N) is 1. The van der Waals surface area contributed by atoms with Crippen LogP contribution in [-0.4, -0.2) is 45.5 Å². The lowest BCUT2D eigenvalue weighted by molar-refractivity contribution is -0.0517. The fourth-order valence-electron chi connectivity index (χ4n) is 2.55. The molecule has 0 spiro atoms. The minimum absolute atomic E-state index is 0. The number of rotatable bonds is 6. The van der Waals surface area contributed by atoms with E-state index in [0.29, 0.717) is 13.1 Å². The molecule has 1 fully saturated rings. The summed E-state index contributed by atoms with van der Waals surface area (Å²) < 4.78 is 55.9. The number of para-hydroxylation sites is 1. The van der Waals surface area contributed by atoms with Crippen LogP contribution in [0.1, 0.15) is 12.8 Å². The van der Waals surface area contributed by atoms with Crippen molar-refractivity contribution in [3.63, 3.8) is 0 Å². The van der Waals surface area contributed by atoms with E-state index < -0.39 is 16.6 Å². The second kappa shape index (κ2) is 8.05. The summed E-state index contributed by atoms with van der Waals surface area (Å²) in [6.45, 7) is -2.15. The highest BCUT2D eigenvalue weighted by atomic mass is 35.5. The molecule has 0 bridgehead atoms. The predicted molar refractivity (Wildman–Crippen MR) is 81.2 cm³/mol. The Morgan fingerprint density at radius 2 is 2.09 bits per heavy atom. The van der Waals surface area contributed by atoms with Gasteiger partial charge in [-0.15, -0.1) is 12.4 Å². The minimum Gasteiger partial charge on any atom is -0.433 e. The van der Waals surface area contributed by atoms with Crippen LogP contribution in [0.15, 0.2) is 29.2 Å². The second-order valence-corrected chi connectivity index (χ2v) is 6.65. The van der Waals surface area contributed by atoms with Crippen LogP contribution in [0.2, 0.25) is 0 Å². The van der Waals surface area contributed by atoms with Crippen molar-refractivity contribution in [1.29, 1.82) is 0 Å². The van der Waals surface area contributed by atoms with E-state index in [2.05, 4.69) is 10.1 Å². The highest BCUT2D eigenvalue weighted by molar-refractivity contribution is 7.89. The largest absolute Gasteiger partial charge is 0.433 e. The first-order valence-electron chi connectivity index (χ1n) is 6.67. The Kier molecular flexibility index (Phi) is 6.98. The van der Waals surface area contributed by atoms with Crippen LogP contribution in [0.3, 0.4) is 0 Å². The molecule has 9 heteroatoms. The second-order valence-electron chi connectivity index (χ2n) is 4.79. The maximum atomic E-state index is 12.7. The van der Waals surface area contributed by atoms with Gasteiger partial charge in [0.05, 0.1) is 0 Å². The topological polar surface area (TPSA) is 58.6 Å². The van der Waals surface area contributed by atoms with E-state index in [1.165, 1.54) is 28.6 Å². The van der Waals surface area contributed by atoms with Crippen molar-refractivity contribution < 1.29 is 21.9 Å². The number of alkyl halides is 2. The van der Waals surface area contributed by atoms with Gasteiger partial charge in [-0.05, 0) is 32.0 Å². The van der Waals surface area contributed by atoms with Gasteiger partial charge in [-0.2, -0.15) is 13.1 Å². The molecule has 2 rings (SSSR count). The highest BCUT2D eigenvalue weighted by Gasteiger charge is 2.36. The average molecular weight is 357 g/mol. The number of ether oxygens (including phenoxy) is 1. The summed E-state index contributed by atoms with van der Waals surface area (Å²) in [6.07, 6.45) is 1.50. The first-order valence-corrected chi connectivity index (χ1v) is 8.11. The summed E-state index contributed by atoms with van der Waals surface area (Å²) in [7, 11) is -2.10. The Bertz CT molecular complexity index is 586. The molecule has 1 atom stereocenters. The molecule has 1 aromatic rings. The molecule has 0 aliphatic carbocycles. The first-order chi connectivity index (χ1) is 9.96. The Hall–Kier alpha value is -0.960. The lowest BCUT2D eigenvalue weighted by Gasteiger charge is -2.24. The Balaban J connectivity index is 0.00000242. The maximum absolute atomic E-state index is 12.7. The lowest BCUT2D eigenvalue weighted by atomic mass is 10.2. The standard InChI is InChI=1S/C13H18F2N2O3S.ClH/c1-16-9-10-5-4-8-17(10)21(18,19)12-7-3-2-6-11(12)20-13(14)15;/h2-3,6-7,10,13,16H,4-5,8-9H2,1H3;1H. The van der Waals surface area contributed by atoms with E-state index in [1.807, 2.05) is 0 Å².